The molecular formula is C22H17BrO2. The summed E-state index contributed by atoms with van der Waals surface area (Å²) in [6, 6.07) is 25.1. The van der Waals surface area contributed by atoms with E-state index >= 15 is 0 Å². The Balaban J connectivity index is 1.58. The highest BCUT2D eigenvalue weighted by Gasteiger charge is 2.01. The quantitative estimate of drug-likeness (QED) is 0.384. The second kappa shape index (κ2) is 8.45. The summed E-state index contributed by atoms with van der Waals surface area (Å²) in [7, 11) is 0. The summed E-state index contributed by atoms with van der Waals surface area (Å²) >= 11 is 3.36. The average molecular weight is 393 g/mol. The highest BCUT2D eigenvalue weighted by atomic mass is 79.9. The zero-order valence-corrected chi connectivity index (χ0v) is 15.1. The molecule has 25 heavy (non-hydrogen) atoms. The molecule has 0 bridgehead atoms. The normalized spacial score (nSPS) is 10.8. The first kappa shape index (κ1) is 17.2. The van der Waals surface area contributed by atoms with Crippen LogP contribution < -0.4 is 4.74 Å². The van der Waals surface area contributed by atoms with Crippen molar-refractivity contribution in [1.29, 1.82) is 0 Å². The molecule has 3 aromatic carbocycles. The van der Waals surface area contributed by atoms with Gasteiger partial charge in [0.05, 0.1) is 0 Å². The van der Waals surface area contributed by atoms with E-state index in [9.17, 15) is 4.79 Å². The lowest BCUT2D eigenvalue weighted by molar-refractivity contribution is 0.104. The predicted octanol–water partition coefficient (Wildman–Crippen LogP) is 5.92. The van der Waals surface area contributed by atoms with Gasteiger partial charge in [0, 0.05) is 10.0 Å². The topological polar surface area (TPSA) is 26.3 Å². The summed E-state index contributed by atoms with van der Waals surface area (Å²) in [6.45, 7) is 0.540. The second-order valence-electron chi connectivity index (χ2n) is 5.55. The monoisotopic (exact) mass is 392 g/mol. The molecule has 124 valence electrons. The van der Waals surface area contributed by atoms with Crippen LogP contribution in [0, 0.1) is 0 Å². The van der Waals surface area contributed by atoms with Crippen LogP contribution in [0.5, 0.6) is 5.75 Å². The molecule has 3 rings (SSSR count). The number of carbonyl (C=O) groups excluding carboxylic acids is 1. The van der Waals surface area contributed by atoms with Crippen molar-refractivity contribution >= 4 is 27.8 Å². The van der Waals surface area contributed by atoms with Crippen LogP contribution in [0.4, 0.5) is 0 Å². The molecular weight excluding hydrogens is 376 g/mol. The number of carbonyl (C=O) groups is 1. The van der Waals surface area contributed by atoms with Crippen molar-refractivity contribution in [2.45, 2.75) is 6.61 Å². The minimum atomic E-state index is -0.0168. The summed E-state index contributed by atoms with van der Waals surface area (Å²) in [6.07, 6.45) is 3.40. The minimum absolute atomic E-state index is 0.0168. The van der Waals surface area contributed by atoms with Gasteiger partial charge >= 0.3 is 0 Å². The Morgan fingerprint density at radius 1 is 0.880 bits per heavy atom. The molecule has 0 saturated heterocycles. The molecule has 0 radical (unpaired) electrons. The molecule has 2 nitrogen and oxygen atoms in total. The second-order valence-corrected chi connectivity index (χ2v) is 6.46. The number of rotatable bonds is 6. The zero-order chi connectivity index (χ0) is 17.5. The molecule has 3 aromatic rings. The first-order chi connectivity index (χ1) is 12.2. The van der Waals surface area contributed by atoms with Gasteiger partial charge in [0.25, 0.3) is 0 Å². The molecule has 0 atom stereocenters. The Kier molecular flexibility index (Phi) is 5.81. The van der Waals surface area contributed by atoms with Crippen LogP contribution in [0.2, 0.25) is 0 Å². The van der Waals surface area contributed by atoms with Crippen molar-refractivity contribution in [1.82, 2.24) is 0 Å². The molecule has 0 amide bonds. The van der Waals surface area contributed by atoms with Crippen LogP contribution in [-0.4, -0.2) is 5.78 Å². The molecule has 0 unspecified atom stereocenters. The van der Waals surface area contributed by atoms with Crippen LogP contribution in [0.15, 0.2) is 89.4 Å². The molecule has 0 aliphatic carbocycles. The molecule has 3 heteroatoms. The van der Waals surface area contributed by atoms with Gasteiger partial charge in [-0.3, -0.25) is 4.79 Å². The van der Waals surface area contributed by atoms with Crippen LogP contribution in [-0.2, 0) is 6.61 Å². The van der Waals surface area contributed by atoms with Gasteiger partial charge in [-0.2, -0.15) is 0 Å². The highest BCUT2D eigenvalue weighted by Crippen LogP contribution is 2.16. The largest absolute Gasteiger partial charge is 0.489 e. The number of ether oxygens (including phenoxy) is 1. The number of ketones is 1. The first-order valence-electron chi connectivity index (χ1n) is 7.95. The molecule has 0 saturated carbocycles. The summed E-state index contributed by atoms with van der Waals surface area (Å²) in [5.74, 6) is 0.789. The smallest absolute Gasteiger partial charge is 0.185 e. The Bertz CT molecular complexity index is 851. The average Bonchev–Trinajstić information content (AvgIpc) is 2.67. The van der Waals surface area contributed by atoms with E-state index in [1.165, 1.54) is 0 Å². The van der Waals surface area contributed by atoms with E-state index in [4.69, 9.17) is 4.74 Å². The van der Waals surface area contributed by atoms with Crippen molar-refractivity contribution in [2.75, 3.05) is 0 Å². The van der Waals surface area contributed by atoms with Crippen molar-refractivity contribution in [3.63, 3.8) is 0 Å². The number of hydrogen-bond acceptors (Lipinski definition) is 2. The Hall–Kier alpha value is -2.65. The first-order valence-corrected chi connectivity index (χ1v) is 8.75. The lowest BCUT2D eigenvalue weighted by Gasteiger charge is -2.06. The fourth-order valence-electron chi connectivity index (χ4n) is 2.30. The van der Waals surface area contributed by atoms with E-state index in [1.54, 1.807) is 18.2 Å². The van der Waals surface area contributed by atoms with E-state index in [0.29, 0.717) is 12.2 Å². The molecule has 0 N–H and O–H groups in total. The maximum atomic E-state index is 12.1. The van der Waals surface area contributed by atoms with Crippen molar-refractivity contribution in [3.05, 3.63) is 106 Å². The van der Waals surface area contributed by atoms with Crippen molar-refractivity contribution in [2.24, 2.45) is 0 Å². The van der Waals surface area contributed by atoms with E-state index in [-0.39, 0.29) is 5.78 Å². The SMILES string of the molecule is O=C(C=Cc1ccc(OCc2ccccc2)cc1)c1ccc(Br)cc1. The number of hydrogen-bond donors (Lipinski definition) is 0. The fourth-order valence-corrected chi connectivity index (χ4v) is 2.56. The molecule has 0 aliphatic rings. The zero-order valence-electron chi connectivity index (χ0n) is 13.6. The van der Waals surface area contributed by atoms with Gasteiger partial charge in [-0.05, 0) is 53.6 Å². The van der Waals surface area contributed by atoms with E-state index in [2.05, 4.69) is 15.9 Å². The maximum absolute atomic E-state index is 12.1. The van der Waals surface area contributed by atoms with Crippen molar-refractivity contribution in [3.8, 4) is 5.75 Å². The fraction of sp³-hybridized carbons (Fsp3) is 0.0455. The summed E-state index contributed by atoms with van der Waals surface area (Å²) < 4.78 is 6.72. The van der Waals surface area contributed by atoms with Gasteiger partial charge in [0.15, 0.2) is 5.78 Å². The third kappa shape index (κ3) is 5.16. The Morgan fingerprint density at radius 3 is 2.24 bits per heavy atom. The van der Waals surface area contributed by atoms with Gasteiger partial charge in [-0.15, -0.1) is 0 Å². The minimum Gasteiger partial charge on any atom is -0.489 e. The molecule has 0 aliphatic heterocycles. The lowest BCUT2D eigenvalue weighted by atomic mass is 10.1. The Morgan fingerprint density at radius 2 is 1.56 bits per heavy atom. The third-order valence-corrected chi connectivity index (χ3v) is 4.21. The van der Waals surface area contributed by atoms with Crippen LogP contribution in [0.3, 0.4) is 0 Å². The van der Waals surface area contributed by atoms with Gasteiger partial charge in [0.1, 0.15) is 12.4 Å². The van der Waals surface area contributed by atoms with Gasteiger partial charge < -0.3 is 4.74 Å². The van der Waals surface area contributed by atoms with Crippen molar-refractivity contribution < 1.29 is 9.53 Å². The van der Waals surface area contributed by atoms with E-state index in [0.717, 1.165) is 21.3 Å². The molecule has 0 fully saturated rings. The highest BCUT2D eigenvalue weighted by molar-refractivity contribution is 9.10. The van der Waals surface area contributed by atoms with Gasteiger partial charge in [-0.1, -0.05) is 64.5 Å². The van der Waals surface area contributed by atoms with Gasteiger partial charge in [-0.25, -0.2) is 0 Å². The lowest BCUT2D eigenvalue weighted by Crippen LogP contribution is -1.95. The number of benzene rings is 3. The summed E-state index contributed by atoms with van der Waals surface area (Å²) in [4.78, 5) is 12.1. The van der Waals surface area contributed by atoms with Crippen LogP contribution in [0.25, 0.3) is 6.08 Å². The summed E-state index contributed by atoms with van der Waals surface area (Å²) in [5, 5.41) is 0. The predicted molar refractivity (Wildman–Crippen MR) is 105 cm³/mol. The van der Waals surface area contributed by atoms with E-state index in [1.807, 2.05) is 72.8 Å². The van der Waals surface area contributed by atoms with E-state index < -0.39 is 0 Å². The molecule has 0 aromatic heterocycles. The Labute approximate surface area is 155 Å². The molecule has 0 heterocycles. The molecule has 0 spiro atoms. The van der Waals surface area contributed by atoms with Crippen LogP contribution in [0.1, 0.15) is 21.5 Å². The summed E-state index contributed by atoms with van der Waals surface area (Å²) in [5.41, 5.74) is 2.76. The standard InChI is InChI=1S/C22H17BrO2/c23-20-11-9-19(10-12-20)22(24)15-8-17-6-13-21(14-7-17)25-16-18-4-2-1-3-5-18/h1-15H,16H2. The van der Waals surface area contributed by atoms with Gasteiger partial charge in [0.2, 0.25) is 0 Å². The maximum Gasteiger partial charge on any atom is 0.185 e. The number of halogens is 1. The number of allylic oxidation sites excluding steroid dienone is 1. The van der Waals surface area contributed by atoms with Crippen LogP contribution >= 0.6 is 15.9 Å². The third-order valence-electron chi connectivity index (χ3n) is 3.68.